The summed E-state index contributed by atoms with van der Waals surface area (Å²) in [6.07, 6.45) is 2.91. The van der Waals surface area contributed by atoms with Crippen molar-refractivity contribution in [2.24, 2.45) is 0 Å². The van der Waals surface area contributed by atoms with E-state index < -0.39 is 12.1 Å². The van der Waals surface area contributed by atoms with Gasteiger partial charge in [-0.3, -0.25) is 0 Å². The highest BCUT2D eigenvalue weighted by Crippen LogP contribution is 2.24. The number of esters is 1. The molecule has 3 heteroatoms. The fourth-order valence-corrected chi connectivity index (χ4v) is 2.26. The van der Waals surface area contributed by atoms with Crippen molar-refractivity contribution in [1.29, 1.82) is 0 Å². The molecule has 0 spiro atoms. The Morgan fingerprint density at radius 3 is 2.65 bits per heavy atom. The van der Waals surface area contributed by atoms with Crippen LogP contribution in [-0.4, -0.2) is 17.2 Å². The van der Waals surface area contributed by atoms with Crippen molar-refractivity contribution in [1.82, 2.24) is 0 Å². The summed E-state index contributed by atoms with van der Waals surface area (Å²) in [7, 11) is 0. The van der Waals surface area contributed by atoms with Gasteiger partial charge in [-0.05, 0) is 43.7 Å². The van der Waals surface area contributed by atoms with E-state index in [-0.39, 0.29) is 6.10 Å². The molecule has 1 aromatic carbocycles. The minimum absolute atomic E-state index is 0.00108. The van der Waals surface area contributed by atoms with Crippen LogP contribution >= 0.6 is 0 Å². The molecule has 0 saturated heterocycles. The van der Waals surface area contributed by atoms with Crippen LogP contribution in [-0.2, 0) is 9.53 Å². The van der Waals surface area contributed by atoms with Gasteiger partial charge in [0.25, 0.3) is 0 Å². The summed E-state index contributed by atoms with van der Waals surface area (Å²) in [5, 5.41) is 9.96. The summed E-state index contributed by atoms with van der Waals surface area (Å²) in [5.74, 6) is -0.522. The average molecular weight is 234 g/mol. The quantitative estimate of drug-likeness (QED) is 0.817. The van der Waals surface area contributed by atoms with Crippen LogP contribution in [0.1, 0.15) is 42.9 Å². The van der Waals surface area contributed by atoms with E-state index >= 15 is 0 Å². The van der Waals surface area contributed by atoms with Crippen LogP contribution in [0.25, 0.3) is 0 Å². The summed E-state index contributed by atoms with van der Waals surface area (Å²) in [5.41, 5.74) is 1.54. The number of benzene rings is 1. The van der Waals surface area contributed by atoms with Gasteiger partial charge in [0.05, 0.1) is 0 Å². The van der Waals surface area contributed by atoms with E-state index in [1.807, 2.05) is 25.1 Å². The molecular weight excluding hydrogens is 216 g/mol. The largest absolute Gasteiger partial charge is 0.460 e. The third-order valence-electron chi connectivity index (χ3n) is 3.29. The van der Waals surface area contributed by atoms with Crippen molar-refractivity contribution in [2.45, 2.75) is 44.8 Å². The Labute approximate surface area is 101 Å². The Hall–Kier alpha value is -1.35. The molecule has 1 aliphatic carbocycles. The van der Waals surface area contributed by atoms with Gasteiger partial charge in [0, 0.05) is 0 Å². The summed E-state index contributed by atoms with van der Waals surface area (Å²) < 4.78 is 5.29. The van der Waals surface area contributed by atoms with Crippen LogP contribution in [0.4, 0.5) is 0 Å². The predicted octanol–water partition coefficient (Wildman–Crippen LogP) is 2.51. The Morgan fingerprint density at radius 2 is 2.00 bits per heavy atom. The molecule has 2 rings (SSSR count). The molecule has 92 valence electrons. The normalized spacial score (nSPS) is 18.0. The molecule has 1 atom stereocenters. The molecular formula is C14H18O3. The number of aryl methyl sites for hydroxylation is 1. The van der Waals surface area contributed by atoms with E-state index in [4.69, 9.17) is 4.74 Å². The lowest BCUT2D eigenvalue weighted by atomic mass is 10.0. The van der Waals surface area contributed by atoms with Gasteiger partial charge in [-0.15, -0.1) is 0 Å². The van der Waals surface area contributed by atoms with E-state index in [1.165, 1.54) is 0 Å². The van der Waals surface area contributed by atoms with Crippen LogP contribution in [0, 0.1) is 6.92 Å². The average Bonchev–Trinajstić information content (AvgIpc) is 2.81. The van der Waals surface area contributed by atoms with Crippen molar-refractivity contribution in [3.05, 3.63) is 35.4 Å². The maximum atomic E-state index is 11.8. The van der Waals surface area contributed by atoms with Gasteiger partial charge in [0.2, 0.25) is 0 Å². The highest BCUT2D eigenvalue weighted by Gasteiger charge is 2.25. The van der Waals surface area contributed by atoms with Crippen molar-refractivity contribution in [2.75, 3.05) is 0 Å². The number of hydrogen-bond acceptors (Lipinski definition) is 3. The highest BCUT2D eigenvalue weighted by atomic mass is 16.6. The lowest BCUT2D eigenvalue weighted by Gasteiger charge is -2.16. The van der Waals surface area contributed by atoms with Crippen LogP contribution in [0.5, 0.6) is 0 Å². The zero-order chi connectivity index (χ0) is 12.3. The van der Waals surface area contributed by atoms with Gasteiger partial charge >= 0.3 is 5.97 Å². The molecule has 1 N–H and O–H groups in total. The molecule has 0 aromatic heterocycles. The topological polar surface area (TPSA) is 46.5 Å². The minimum Gasteiger partial charge on any atom is -0.460 e. The number of aliphatic hydroxyl groups is 1. The molecule has 0 aliphatic heterocycles. The summed E-state index contributed by atoms with van der Waals surface area (Å²) in [6.45, 7) is 1.88. The molecule has 0 amide bonds. The first-order chi connectivity index (χ1) is 8.18. The van der Waals surface area contributed by atoms with Crippen LogP contribution in [0.15, 0.2) is 24.3 Å². The van der Waals surface area contributed by atoms with Crippen LogP contribution < -0.4 is 0 Å². The summed E-state index contributed by atoms with van der Waals surface area (Å²) in [4.78, 5) is 11.8. The van der Waals surface area contributed by atoms with Gasteiger partial charge in [0.1, 0.15) is 6.10 Å². The number of carbonyl (C=O) groups excluding carboxylic acids is 1. The Kier molecular flexibility index (Phi) is 3.79. The van der Waals surface area contributed by atoms with Crippen molar-refractivity contribution < 1.29 is 14.6 Å². The first kappa shape index (κ1) is 12.1. The Morgan fingerprint density at radius 1 is 1.35 bits per heavy atom. The monoisotopic (exact) mass is 234 g/mol. The van der Waals surface area contributed by atoms with E-state index in [0.29, 0.717) is 5.56 Å². The molecule has 3 nitrogen and oxygen atoms in total. The number of carbonyl (C=O) groups is 1. The number of ether oxygens (including phenoxy) is 1. The van der Waals surface area contributed by atoms with E-state index in [1.54, 1.807) is 6.07 Å². The lowest BCUT2D eigenvalue weighted by Crippen LogP contribution is -2.21. The molecule has 17 heavy (non-hydrogen) atoms. The van der Waals surface area contributed by atoms with Gasteiger partial charge in [0.15, 0.2) is 6.10 Å². The molecule has 1 aromatic rings. The third kappa shape index (κ3) is 2.86. The maximum absolute atomic E-state index is 11.8. The first-order valence-corrected chi connectivity index (χ1v) is 6.12. The number of rotatable bonds is 3. The molecule has 1 aliphatic rings. The number of hydrogen-bond donors (Lipinski definition) is 1. The second-order valence-corrected chi connectivity index (χ2v) is 4.60. The van der Waals surface area contributed by atoms with Gasteiger partial charge in [-0.25, -0.2) is 4.79 Å². The molecule has 1 fully saturated rings. The maximum Gasteiger partial charge on any atom is 0.339 e. The summed E-state index contributed by atoms with van der Waals surface area (Å²) >= 11 is 0. The highest BCUT2D eigenvalue weighted by molar-refractivity contribution is 5.76. The second kappa shape index (κ2) is 5.32. The van der Waals surface area contributed by atoms with Crippen molar-refractivity contribution >= 4 is 5.97 Å². The first-order valence-electron chi connectivity index (χ1n) is 6.12. The fraction of sp³-hybridized carbons (Fsp3) is 0.500. The fourth-order valence-electron chi connectivity index (χ4n) is 2.26. The lowest BCUT2D eigenvalue weighted by molar-refractivity contribution is -0.159. The Balaban J connectivity index is 2.01. The molecule has 0 heterocycles. The SMILES string of the molecule is Cc1ccccc1C(O)C(=O)OC1CCCC1. The zero-order valence-corrected chi connectivity index (χ0v) is 10.1. The summed E-state index contributed by atoms with van der Waals surface area (Å²) in [6, 6.07) is 7.33. The smallest absolute Gasteiger partial charge is 0.339 e. The van der Waals surface area contributed by atoms with Crippen LogP contribution in [0.2, 0.25) is 0 Å². The zero-order valence-electron chi connectivity index (χ0n) is 10.1. The Bertz CT molecular complexity index is 394. The third-order valence-corrected chi connectivity index (χ3v) is 3.29. The van der Waals surface area contributed by atoms with Gasteiger partial charge in [-0.2, -0.15) is 0 Å². The predicted molar refractivity (Wildman–Crippen MR) is 64.5 cm³/mol. The van der Waals surface area contributed by atoms with Crippen LogP contribution in [0.3, 0.4) is 0 Å². The van der Waals surface area contributed by atoms with E-state index in [0.717, 1.165) is 31.2 Å². The molecule has 1 unspecified atom stereocenters. The minimum atomic E-state index is -1.16. The van der Waals surface area contributed by atoms with Crippen molar-refractivity contribution in [3.8, 4) is 0 Å². The molecule has 0 bridgehead atoms. The number of aliphatic hydroxyl groups excluding tert-OH is 1. The van der Waals surface area contributed by atoms with E-state index in [2.05, 4.69) is 0 Å². The van der Waals surface area contributed by atoms with Gasteiger partial charge < -0.3 is 9.84 Å². The second-order valence-electron chi connectivity index (χ2n) is 4.60. The molecule has 0 radical (unpaired) electrons. The molecule has 1 saturated carbocycles. The van der Waals surface area contributed by atoms with Gasteiger partial charge in [-0.1, -0.05) is 24.3 Å². The standard InChI is InChI=1S/C14H18O3/c1-10-6-2-5-9-12(10)13(15)14(16)17-11-7-3-4-8-11/h2,5-6,9,11,13,15H,3-4,7-8H2,1H3. The van der Waals surface area contributed by atoms with E-state index in [9.17, 15) is 9.90 Å². The van der Waals surface area contributed by atoms with Crippen molar-refractivity contribution in [3.63, 3.8) is 0 Å².